The third-order valence-electron chi connectivity index (χ3n) is 3.93. The third kappa shape index (κ3) is 3.90. The van der Waals surface area contributed by atoms with Gasteiger partial charge in [0.25, 0.3) is 0 Å². The average molecular weight is 420 g/mol. The summed E-state index contributed by atoms with van der Waals surface area (Å²) in [5, 5.41) is 10.1. The van der Waals surface area contributed by atoms with Gasteiger partial charge in [-0.2, -0.15) is 0 Å². The van der Waals surface area contributed by atoms with E-state index in [4.69, 9.17) is 23.2 Å². The maximum atomic E-state index is 14.0. The number of hydrogen-bond donors (Lipinski definition) is 0. The van der Waals surface area contributed by atoms with Gasteiger partial charge in [-0.05, 0) is 29.8 Å². The molecular formula is C18H12Cl2FN5S. The van der Waals surface area contributed by atoms with Crippen molar-refractivity contribution in [3.8, 4) is 0 Å². The van der Waals surface area contributed by atoms with Crippen LogP contribution in [0, 0.1) is 5.82 Å². The van der Waals surface area contributed by atoms with Crippen molar-refractivity contribution in [1.29, 1.82) is 0 Å². The van der Waals surface area contributed by atoms with Crippen LogP contribution in [-0.4, -0.2) is 25.0 Å². The number of rotatable bonds is 5. The molecule has 2 heterocycles. The molecule has 0 saturated carbocycles. The Labute approximate surface area is 168 Å². The van der Waals surface area contributed by atoms with E-state index in [1.807, 2.05) is 24.3 Å². The molecule has 4 rings (SSSR count). The second-order valence-corrected chi connectivity index (χ2v) is 7.52. The van der Waals surface area contributed by atoms with Gasteiger partial charge in [0.2, 0.25) is 0 Å². The molecule has 0 aliphatic rings. The molecule has 4 aromatic rings. The van der Waals surface area contributed by atoms with Crippen LogP contribution < -0.4 is 0 Å². The Morgan fingerprint density at radius 2 is 1.85 bits per heavy atom. The lowest BCUT2D eigenvalue weighted by atomic mass is 10.2. The molecule has 0 radical (unpaired) electrons. The van der Waals surface area contributed by atoms with Gasteiger partial charge in [0.1, 0.15) is 17.2 Å². The molecule has 2 aromatic carbocycles. The Hall–Kier alpha value is -2.22. The molecule has 0 N–H and O–H groups in total. The van der Waals surface area contributed by atoms with Gasteiger partial charge in [0, 0.05) is 21.4 Å². The molecule has 9 heteroatoms. The molecule has 0 spiro atoms. The Morgan fingerprint density at radius 1 is 1.04 bits per heavy atom. The van der Waals surface area contributed by atoms with Crippen LogP contribution in [0.5, 0.6) is 0 Å². The van der Waals surface area contributed by atoms with Crippen molar-refractivity contribution in [3.63, 3.8) is 0 Å². The van der Waals surface area contributed by atoms with Gasteiger partial charge in [0.05, 0.1) is 6.54 Å². The summed E-state index contributed by atoms with van der Waals surface area (Å²) in [7, 11) is 0. The molecule has 0 aliphatic carbocycles. The topological polar surface area (TPSA) is 56.5 Å². The first-order chi connectivity index (χ1) is 13.1. The zero-order valence-corrected chi connectivity index (χ0v) is 16.1. The minimum Gasteiger partial charge on any atom is -0.227 e. The molecule has 5 nitrogen and oxygen atoms in total. The van der Waals surface area contributed by atoms with Crippen LogP contribution in [0.15, 0.2) is 53.8 Å². The van der Waals surface area contributed by atoms with Crippen molar-refractivity contribution >= 4 is 46.1 Å². The smallest absolute Gasteiger partial charge is 0.183 e. The molecule has 0 saturated heterocycles. The Morgan fingerprint density at radius 3 is 2.63 bits per heavy atom. The van der Waals surface area contributed by atoms with E-state index in [0.717, 1.165) is 5.56 Å². The maximum Gasteiger partial charge on any atom is 0.183 e. The normalized spacial score (nSPS) is 11.2. The van der Waals surface area contributed by atoms with Crippen molar-refractivity contribution in [1.82, 2.24) is 25.0 Å². The van der Waals surface area contributed by atoms with Crippen LogP contribution in [-0.2, 0) is 12.3 Å². The highest BCUT2D eigenvalue weighted by Gasteiger charge is 2.14. The minimum atomic E-state index is -0.341. The first-order valence-corrected chi connectivity index (χ1v) is 9.70. The van der Waals surface area contributed by atoms with Crippen molar-refractivity contribution in [3.05, 3.63) is 75.8 Å². The summed E-state index contributed by atoms with van der Waals surface area (Å²) in [6.07, 6.45) is 1.45. The third-order valence-corrected chi connectivity index (χ3v) is 5.54. The Balaban J connectivity index is 1.59. The number of nitrogens with zero attached hydrogens (tertiary/aromatic N) is 5. The summed E-state index contributed by atoms with van der Waals surface area (Å²) in [5.41, 5.74) is 2.65. The second kappa shape index (κ2) is 7.80. The molecule has 0 bridgehead atoms. The first kappa shape index (κ1) is 18.2. The zero-order valence-electron chi connectivity index (χ0n) is 13.8. The van der Waals surface area contributed by atoms with E-state index in [-0.39, 0.29) is 5.82 Å². The van der Waals surface area contributed by atoms with Crippen LogP contribution in [0.3, 0.4) is 0 Å². The Kier molecular flexibility index (Phi) is 5.24. The highest BCUT2D eigenvalue weighted by atomic mass is 35.5. The zero-order chi connectivity index (χ0) is 18.8. The average Bonchev–Trinajstić information content (AvgIpc) is 3.07. The number of thioether (sulfide) groups is 1. The summed E-state index contributed by atoms with van der Waals surface area (Å²) in [6.45, 7) is 0.508. The molecular weight excluding hydrogens is 408 g/mol. The lowest BCUT2D eigenvalue weighted by molar-refractivity contribution is 0.617. The number of hydrogen-bond acceptors (Lipinski definition) is 5. The molecule has 2 aromatic heterocycles. The molecule has 0 atom stereocenters. The fourth-order valence-electron chi connectivity index (χ4n) is 2.56. The number of fused-ring (bicyclic) bond motifs is 1. The van der Waals surface area contributed by atoms with Gasteiger partial charge in [0.15, 0.2) is 11.2 Å². The predicted molar refractivity (Wildman–Crippen MR) is 105 cm³/mol. The van der Waals surface area contributed by atoms with Gasteiger partial charge >= 0.3 is 0 Å². The first-order valence-electron chi connectivity index (χ1n) is 7.96. The quantitative estimate of drug-likeness (QED) is 0.336. The van der Waals surface area contributed by atoms with Crippen LogP contribution in [0.4, 0.5) is 4.39 Å². The van der Waals surface area contributed by atoms with Gasteiger partial charge < -0.3 is 0 Å². The summed E-state index contributed by atoms with van der Waals surface area (Å²) < 4.78 is 15.7. The van der Waals surface area contributed by atoms with E-state index >= 15 is 0 Å². The Bertz CT molecular complexity index is 1080. The fourth-order valence-corrected chi connectivity index (χ4v) is 3.96. The van der Waals surface area contributed by atoms with Gasteiger partial charge in [-0.25, -0.2) is 19.0 Å². The van der Waals surface area contributed by atoms with Crippen molar-refractivity contribution in [2.24, 2.45) is 0 Å². The van der Waals surface area contributed by atoms with E-state index in [2.05, 4.69) is 20.3 Å². The van der Waals surface area contributed by atoms with Gasteiger partial charge in [-0.3, -0.25) is 0 Å². The SMILES string of the molecule is Fc1cccc(Cl)c1CSc1ncnc2c1nnn2Cc1ccc(Cl)cc1. The van der Waals surface area contributed by atoms with Crippen LogP contribution >= 0.6 is 35.0 Å². The van der Waals surface area contributed by atoms with Crippen molar-refractivity contribution < 1.29 is 4.39 Å². The second-order valence-electron chi connectivity index (χ2n) is 5.71. The standard InChI is InChI=1S/C18H12Cl2FN5S/c19-12-6-4-11(5-7-12)8-26-17-16(24-25-26)18(23-10-22-17)27-9-13-14(20)2-1-3-15(13)21/h1-7,10H,8-9H2. The maximum absolute atomic E-state index is 14.0. The highest BCUT2D eigenvalue weighted by molar-refractivity contribution is 7.98. The predicted octanol–water partition coefficient (Wildman–Crippen LogP) is 5.01. The molecule has 0 fully saturated rings. The van der Waals surface area contributed by atoms with Crippen LogP contribution in [0.1, 0.15) is 11.1 Å². The lowest BCUT2D eigenvalue weighted by Gasteiger charge is -2.06. The summed E-state index contributed by atoms with van der Waals surface area (Å²) >= 11 is 13.4. The number of benzene rings is 2. The minimum absolute atomic E-state index is 0.335. The van der Waals surface area contributed by atoms with Gasteiger partial charge in [-0.15, -0.1) is 5.10 Å². The fraction of sp³-hybridized carbons (Fsp3) is 0.111. The summed E-state index contributed by atoms with van der Waals surface area (Å²) in [4.78, 5) is 8.56. The van der Waals surface area contributed by atoms with Crippen LogP contribution in [0.25, 0.3) is 11.2 Å². The number of halogens is 3. The van der Waals surface area contributed by atoms with Crippen molar-refractivity contribution in [2.45, 2.75) is 17.3 Å². The van der Waals surface area contributed by atoms with E-state index < -0.39 is 0 Å². The summed E-state index contributed by atoms with van der Waals surface area (Å²) in [5.74, 6) is -0.00604. The largest absolute Gasteiger partial charge is 0.227 e. The summed E-state index contributed by atoms with van der Waals surface area (Å²) in [6, 6.07) is 12.1. The highest BCUT2D eigenvalue weighted by Crippen LogP contribution is 2.30. The van der Waals surface area contributed by atoms with Gasteiger partial charge in [-0.1, -0.05) is 58.4 Å². The van der Waals surface area contributed by atoms with Crippen LogP contribution in [0.2, 0.25) is 10.0 Å². The number of aromatic nitrogens is 5. The van der Waals surface area contributed by atoms with Crippen molar-refractivity contribution in [2.75, 3.05) is 0 Å². The molecule has 0 aliphatic heterocycles. The molecule has 0 unspecified atom stereocenters. The van der Waals surface area contributed by atoms with E-state index in [9.17, 15) is 4.39 Å². The van der Waals surface area contributed by atoms with E-state index in [0.29, 0.717) is 44.1 Å². The monoisotopic (exact) mass is 419 g/mol. The molecule has 27 heavy (non-hydrogen) atoms. The lowest BCUT2D eigenvalue weighted by Crippen LogP contribution is -2.03. The van der Waals surface area contributed by atoms with E-state index in [1.54, 1.807) is 16.8 Å². The molecule has 0 amide bonds. The molecule has 136 valence electrons. The van der Waals surface area contributed by atoms with E-state index in [1.165, 1.54) is 24.2 Å².